The molecule has 1 aliphatic heterocycles. The zero-order valence-corrected chi connectivity index (χ0v) is 15.1. The Bertz CT molecular complexity index is 988. The van der Waals surface area contributed by atoms with Crippen molar-refractivity contribution in [3.8, 4) is 0 Å². The molecule has 1 aliphatic rings. The van der Waals surface area contributed by atoms with Gasteiger partial charge in [-0.3, -0.25) is 9.59 Å². The van der Waals surface area contributed by atoms with Gasteiger partial charge in [-0.1, -0.05) is 46.9 Å². The first-order chi connectivity index (χ1) is 12.3. The van der Waals surface area contributed by atoms with Gasteiger partial charge in [0.15, 0.2) is 0 Å². The van der Waals surface area contributed by atoms with Gasteiger partial charge >= 0.3 is 5.97 Å². The fourth-order valence-electron chi connectivity index (χ4n) is 2.37. The Labute approximate surface area is 162 Å². The second kappa shape index (κ2) is 6.99. The van der Waals surface area contributed by atoms with E-state index in [1.165, 1.54) is 36.4 Å². The van der Waals surface area contributed by atoms with Crippen LogP contribution in [0.15, 0.2) is 53.2 Å². The Morgan fingerprint density at radius 3 is 2.38 bits per heavy atom. The maximum absolute atomic E-state index is 12.7. The summed E-state index contributed by atoms with van der Waals surface area (Å²) in [5.41, 5.74) is 0.218. The molecule has 6 nitrogen and oxygen atoms in total. The van der Waals surface area contributed by atoms with E-state index in [9.17, 15) is 14.4 Å². The number of carbonyl (C=O) groups is 3. The number of hydrogen-bond acceptors (Lipinski definition) is 4. The third-order valence-electron chi connectivity index (χ3n) is 3.58. The van der Waals surface area contributed by atoms with Gasteiger partial charge in [0.2, 0.25) is 0 Å². The molecule has 0 unspecified atom stereocenters. The summed E-state index contributed by atoms with van der Waals surface area (Å²) in [6, 6.07) is 10.3. The Hall–Kier alpha value is -2.54. The van der Waals surface area contributed by atoms with Crippen LogP contribution >= 0.6 is 34.8 Å². The molecule has 26 heavy (non-hydrogen) atoms. The number of hydrogen-bond donors (Lipinski definition) is 2. The highest BCUT2D eigenvalue weighted by Gasteiger charge is 2.40. The third-order valence-corrected chi connectivity index (χ3v) is 4.74. The topological polar surface area (TPSA) is 86.7 Å². The molecule has 9 heteroatoms. The van der Waals surface area contributed by atoms with Gasteiger partial charge in [-0.05, 0) is 30.3 Å². The van der Waals surface area contributed by atoms with Crippen molar-refractivity contribution >= 4 is 64.0 Å². The molecule has 1 heterocycles. The quantitative estimate of drug-likeness (QED) is 0.739. The summed E-state index contributed by atoms with van der Waals surface area (Å²) in [5.74, 6) is -2.63. The van der Waals surface area contributed by atoms with Crippen molar-refractivity contribution in [1.82, 2.24) is 0 Å². The molecule has 2 aromatic rings. The van der Waals surface area contributed by atoms with E-state index in [4.69, 9.17) is 39.9 Å². The number of imide groups is 1. The Morgan fingerprint density at radius 2 is 1.69 bits per heavy atom. The van der Waals surface area contributed by atoms with Crippen molar-refractivity contribution in [3.63, 3.8) is 0 Å². The van der Waals surface area contributed by atoms with Gasteiger partial charge in [-0.2, -0.15) is 0 Å². The van der Waals surface area contributed by atoms with Crippen LogP contribution in [0.4, 0.5) is 11.4 Å². The fourth-order valence-corrected chi connectivity index (χ4v) is 2.96. The van der Waals surface area contributed by atoms with E-state index in [2.05, 4.69) is 5.32 Å². The number of benzene rings is 2. The van der Waals surface area contributed by atoms with E-state index in [0.717, 1.165) is 4.90 Å². The van der Waals surface area contributed by atoms with Crippen molar-refractivity contribution in [2.45, 2.75) is 0 Å². The average molecular weight is 412 g/mol. The Balaban J connectivity index is 1.96. The van der Waals surface area contributed by atoms with E-state index >= 15 is 0 Å². The maximum Gasteiger partial charge on any atom is 0.335 e. The van der Waals surface area contributed by atoms with E-state index in [1.807, 2.05) is 0 Å². The predicted molar refractivity (Wildman–Crippen MR) is 98.9 cm³/mol. The number of anilines is 2. The number of carboxylic acid groups (broad SMARTS) is 1. The molecule has 0 atom stereocenters. The first kappa shape index (κ1) is 18.3. The van der Waals surface area contributed by atoms with Crippen LogP contribution in [0, 0.1) is 0 Å². The molecule has 0 spiro atoms. The van der Waals surface area contributed by atoms with Crippen LogP contribution in [0.2, 0.25) is 10.0 Å². The summed E-state index contributed by atoms with van der Waals surface area (Å²) in [4.78, 5) is 37.0. The molecule has 0 saturated carbocycles. The monoisotopic (exact) mass is 410 g/mol. The second-order valence-electron chi connectivity index (χ2n) is 5.22. The minimum absolute atomic E-state index is 0.0123. The number of amides is 2. The van der Waals surface area contributed by atoms with Crippen LogP contribution in [-0.2, 0) is 9.59 Å². The summed E-state index contributed by atoms with van der Waals surface area (Å²) in [5, 5.41) is 11.6. The van der Waals surface area contributed by atoms with Crippen LogP contribution in [0.3, 0.4) is 0 Å². The number of aromatic carboxylic acids is 1. The standard InChI is InChI=1S/C17H9Cl3N2O4/c18-10-5-2-6-11(12(10)19)22-15(23)13(20)14(16(22)24)21-9-4-1-3-8(7-9)17(25)26/h1-7,21H,(H,25,26). The molecule has 0 radical (unpaired) electrons. The molecular formula is C17H9Cl3N2O4. The summed E-state index contributed by atoms with van der Waals surface area (Å²) in [6.45, 7) is 0. The molecule has 2 amide bonds. The SMILES string of the molecule is O=C(O)c1cccc(NC2=C(Cl)C(=O)N(c3cccc(Cl)c3Cl)C2=O)c1. The van der Waals surface area contributed by atoms with Crippen LogP contribution in [-0.4, -0.2) is 22.9 Å². The molecular weight excluding hydrogens is 403 g/mol. The molecule has 0 aromatic heterocycles. The number of nitrogens with zero attached hydrogens (tertiary/aromatic N) is 1. The van der Waals surface area contributed by atoms with Gasteiger partial charge in [0.05, 0.1) is 21.3 Å². The lowest BCUT2D eigenvalue weighted by Crippen LogP contribution is -2.32. The van der Waals surface area contributed by atoms with Gasteiger partial charge in [-0.15, -0.1) is 0 Å². The van der Waals surface area contributed by atoms with Crippen LogP contribution in [0.1, 0.15) is 10.4 Å². The fraction of sp³-hybridized carbons (Fsp3) is 0. The van der Waals surface area contributed by atoms with Gasteiger partial charge < -0.3 is 10.4 Å². The van der Waals surface area contributed by atoms with Crippen molar-refractivity contribution in [2.75, 3.05) is 10.2 Å². The van der Waals surface area contributed by atoms with E-state index < -0.39 is 17.8 Å². The van der Waals surface area contributed by atoms with Crippen molar-refractivity contribution in [1.29, 1.82) is 0 Å². The molecule has 0 saturated heterocycles. The first-order valence-corrected chi connectivity index (χ1v) is 8.27. The Morgan fingerprint density at radius 1 is 1.00 bits per heavy atom. The number of halogens is 3. The van der Waals surface area contributed by atoms with Crippen molar-refractivity contribution in [2.24, 2.45) is 0 Å². The van der Waals surface area contributed by atoms with Crippen LogP contribution in [0.5, 0.6) is 0 Å². The van der Waals surface area contributed by atoms with Gasteiger partial charge in [0, 0.05) is 5.69 Å². The minimum atomic E-state index is -1.13. The van der Waals surface area contributed by atoms with E-state index in [-0.39, 0.29) is 32.0 Å². The second-order valence-corrected chi connectivity index (χ2v) is 6.38. The summed E-state index contributed by atoms with van der Waals surface area (Å²) in [7, 11) is 0. The third kappa shape index (κ3) is 3.14. The Kier molecular flexibility index (Phi) is 4.91. The minimum Gasteiger partial charge on any atom is -0.478 e. The lowest BCUT2D eigenvalue weighted by Gasteiger charge is -2.17. The molecule has 0 bridgehead atoms. The molecule has 0 aliphatic carbocycles. The zero-order chi connectivity index (χ0) is 19.0. The van der Waals surface area contributed by atoms with E-state index in [0.29, 0.717) is 5.69 Å². The smallest absolute Gasteiger partial charge is 0.335 e. The van der Waals surface area contributed by atoms with Crippen LogP contribution < -0.4 is 10.2 Å². The molecule has 2 N–H and O–H groups in total. The van der Waals surface area contributed by atoms with Crippen molar-refractivity contribution < 1.29 is 19.5 Å². The van der Waals surface area contributed by atoms with E-state index in [1.54, 1.807) is 6.07 Å². The maximum atomic E-state index is 12.7. The lowest BCUT2D eigenvalue weighted by molar-refractivity contribution is -0.120. The van der Waals surface area contributed by atoms with Gasteiger partial charge in [-0.25, -0.2) is 9.69 Å². The molecule has 0 fully saturated rings. The number of nitrogens with one attached hydrogen (secondary N) is 1. The number of carboxylic acids is 1. The first-order valence-electron chi connectivity index (χ1n) is 7.14. The predicted octanol–water partition coefficient (Wildman–Crippen LogP) is 4.13. The molecule has 3 rings (SSSR count). The largest absolute Gasteiger partial charge is 0.478 e. The molecule has 2 aromatic carbocycles. The summed E-state index contributed by atoms with van der Waals surface area (Å²) < 4.78 is 0. The summed E-state index contributed by atoms with van der Waals surface area (Å²) >= 11 is 18.1. The normalized spacial score (nSPS) is 14.2. The average Bonchev–Trinajstić information content (AvgIpc) is 2.81. The highest BCUT2D eigenvalue weighted by Crippen LogP contribution is 2.37. The molecule has 132 valence electrons. The number of rotatable bonds is 4. The number of carbonyl (C=O) groups excluding carboxylic acids is 2. The summed E-state index contributed by atoms with van der Waals surface area (Å²) in [6.07, 6.45) is 0. The van der Waals surface area contributed by atoms with Crippen molar-refractivity contribution in [3.05, 3.63) is 68.8 Å². The highest BCUT2D eigenvalue weighted by molar-refractivity contribution is 6.54. The van der Waals surface area contributed by atoms with Gasteiger partial charge in [0.1, 0.15) is 10.7 Å². The highest BCUT2D eigenvalue weighted by atomic mass is 35.5. The lowest BCUT2D eigenvalue weighted by atomic mass is 10.2. The van der Waals surface area contributed by atoms with Gasteiger partial charge in [0.25, 0.3) is 11.8 Å². The zero-order valence-electron chi connectivity index (χ0n) is 12.8. The van der Waals surface area contributed by atoms with Crippen LogP contribution in [0.25, 0.3) is 0 Å².